The summed E-state index contributed by atoms with van der Waals surface area (Å²) in [5, 5.41) is 14.2. The molecule has 5 heteroatoms. The molecule has 1 unspecified atom stereocenters. The molecule has 1 atom stereocenters. The highest BCUT2D eigenvalue weighted by Crippen LogP contribution is 2.14. The molecular formula is C12H12N4S. The monoisotopic (exact) mass is 244 g/mol. The van der Waals surface area contributed by atoms with E-state index in [1.807, 2.05) is 12.1 Å². The Bertz CT molecular complexity index is 516. The molecule has 0 spiro atoms. The second-order valence-corrected chi connectivity index (χ2v) is 4.73. The zero-order chi connectivity index (χ0) is 12.1. The molecule has 2 rings (SSSR count). The van der Waals surface area contributed by atoms with E-state index in [1.165, 1.54) is 11.1 Å². The van der Waals surface area contributed by atoms with Gasteiger partial charge < -0.3 is 5.32 Å². The molecule has 0 aliphatic heterocycles. The Morgan fingerprint density at radius 2 is 2.29 bits per heavy atom. The van der Waals surface area contributed by atoms with Crippen molar-refractivity contribution in [2.45, 2.75) is 19.4 Å². The van der Waals surface area contributed by atoms with Gasteiger partial charge in [-0.25, -0.2) is 9.97 Å². The first-order valence-electron chi connectivity index (χ1n) is 5.29. The highest BCUT2D eigenvalue weighted by molar-refractivity contribution is 7.09. The van der Waals surface area contributed by atoms with Crippen molar-refractivity contribution in [3.05, 3.63) is 40.5 Å². The molecule has 1 N–H and O–H groups in total. The van der Waals surface area contributed by atoms with Crippen LogP contribution in [-0.2, 0) is 6.42 Å². The van der Waals surface area contributed by atoms with E-state index >= 15 is 0 Å². The number of anilines is 1. The average molecular weight is 244 g/mol. The zero-order valence-corrected chi connectivity index (χ0v) is 10.2. The Morgan fingerprint density at radius 3 is 3.00 bits per heavy atom. The molecule has 0 bridgehead atoms. The largest absolute Gasteiger partial charge is 0.365 e. The van der Waals surface area contributed by atoms with Crippen LogP contribution in [0.3, 0.4) is 0 Å². The van der Waals surface area contributed by atoms with E-state index in [2.05, 4.69) is 33.7 Å². The van der Waals surface area contributed by atoms with Crippen LogP contribution in [-0.4, -0.2) is 16.0 Å². The fourth-order valence-electron chi connectivity index (χ4n) is 1.54. The Kier molecular flexibility index (Phi) is 3.68. The van der Waals surface area contributed by atoms with Crippen LogP contribution in [0.1, 0.15) is 17.5 Å². The minimum atomic E-state index is 0.220. The van der Waals surface area contributed by atoms with E-state index in [9.17, 15) is 0 Å². The van der Waals surface area contributed by atoms with Crippen LogP contribution in [0, 0.1) is 11.3 Å². The lowest BCUT2D eigenvalue weighted by Crippen LogP contribution is -2.19. The molecule has 0 saturated carbocycles. The van der Waals surface area contributed by atoms with Gasteiger partial charge in [0.15, 0.2) is 11.5 Å². The number of nitriles is 1. The zero-order valence-electron chi connectivity index (χ0n) is 9.42. The summed E-state index contributed by atoms with van der Waals surface area (Å²) in [5.74, 6) is 0.555. The van der Waals surface area contributed by atoms with Crippen molar-refractivity contribution in [1.82, 2.24) is 9.97 Å². The van der Waals surface area contributed by atoms with Gasteiger partial charge in [-0.3, -0.25) is 0 Å². The number of nitrogens with one attached hydrogen (secondary N) is 1. The van der Waals surface area contributed by atoms with Crippen molar-refractivity contribution in [3.8, 4) is 6.07 Å². The van der Waals surface area contributed by atoms with Crippen molar-refractivity contribution < 1.29 is 0 Å². The van der Waals surface area contributed by atoms with E-state index in [0.717, 1.165) is 6.42 Å². The van der Waals surface area contributed by atoms with Crippen molar-refractivity contribution in [2.75, 3.05) is 5.32 Å². The van der Waals surface area contributed by atoms with Gasteiger partial charge >= 0.3 is 0 Å². The van der Waals surface area contributed by atoms with Crippen LogP contribution >= 0.6 is 11.3 Å². The molecule has 0 fully saturated rings. The maximum absolute atomic E-state index is 8.90. The van der Waals surface area contributed by atoms with E-state index < -0.39 is 0 Å². The summed E-state index contributed by atoms with van der Waals surface area (Å²) in [6, 6.07) is 6.39. The summed E-state index contributed by atoms with van der Waals surface area (Å²) < 4.78 is 0. The molecule has 86 valence electrons. The molecule has 17 heavy (non-hydrogen) atoms. The second-order valence-electron chi connectivity index (χ2n) is 3.69. The number of rotatable bonds is 4. The molecule has 0 saturated heterocycles. The lowest BCUT2D eigenvalue weighted by molar-refractivity contribution is 0.792. The first-order chi connectivity index (χ1) is 8.29. The molecule has 0 aliphatic rings. The van der Waals surface area contributed by atoms with Crippen LogP contribution in [0.5, 0.6) is 0 Å². The molecule has 2 aromatic rings. The number of thiophene rings is 1. The SMILES string of the molecule is CC(Cc1cccs1)Nc1nccnc1C#N. The van der Waals surface area contributed by atoms with Gasteiger partial charge in [-0.15, -0.1) is 11.3 Å². The molecule has 0 amide bonds. The van der Waals surface area contributed by atoms with Crippen molar-refractivity contribution in [1.29, 1.82) is 5.26 Å². The fraction of sp³-hybridized carbons (Fsp3) is 0.250. The van der Waals surface area contributed by atoms with Gasteiger partial charge in [-0.05, 0) is 18.4 Å². The summed E-state index contributed by atoms with van der Waals surface area (Å²) in [6.45, 7) is 2.07. The first-order valence-corrected chi connectivity index (χ1v) is 6.17. The quantitative estimate of drug-likeness (QED) is 0.897. The van der Waals surface area contributed by atoms with E-state index in [-0.39, 0.29) is 6.04 Å². The summed E-state index contributed by atoms with van der Waals surface area (Å²) in [7, 11) is 0. The van der Waals surface area contributed by atoms with E-state index in [0.29, 0.717) is 11.5 Å². The van der Waals surface area contributed by atoms with Crippen molar-refractivity contribution in [3.63, 3.8) is 0 Å². The minimum absolute atomic E-state index is 0.220. The Balaban J connectivity index is 2.03. The maximum atomic E-state index is 8.90. The molecule has 2 aromatic heterocycles. The van der Waals surface area contributed by atoms with Crippen molar-refractivity contribution in [2.24, 2.45) is 0 Å². The van der Waals surface area contributed by atoms with Crippen LogP contribution in [0.4, 0.5) is 5.82 Å². The number of hydrogen-bond acceptors (Lipinski definition) is 5. The standard InChI is InChI=1S/C12H12N4S/c1-9(7-10-3-2-6-17-10)16-12-11(8-13)14-4-5-15-12/h2-6,9H,7H2,1H3,(H,15,16). The van der Waals surface area contributed by atoms with Crippen LogP contribution < -0.4 is 5.32 Å². The predicted octanol–water partition coefficient (Wildman–Crippen LogP) is 2.45. The maximum Gasteiger partial charge on any atom is 0.182 e. The lowest BCUT2D eigenvalue weighted by Gasteiger charge is -2.13. The first kappa shape index (κ1) is 11.6. The number of aromatic nitrogens is 2. The predicted molar refractivity (Wildman–Crippen MR) is 67.9 cm³/mol. The lowest BCUT2D eigenvalue weighted by atomic mass is 10.2. The summed E-state index contributed by atoms with van der Waals surface area (Å²) in [5.41, 5.74) is 0.338. The van der Waals surface area contributed by atoms with Crippen LogP contribution in [0.15, 0.2) is 29.9 Å². The topological polar surface area (TPSA) is 61.6 Å². The van der Waals surface area contributed by atoms with Gasteiger partial charge in [0.05, 0.1) is 0 Å². The molecule has 0 aliphatic carbocycles. The normalized spacial score (nSPS) is 11.8. The highest BCUT2D eigenvalue weighted by atomic mass is 32.1. The summed E-state index contributed by atoms with van der Waals surface area (Å²) in [4.78, 5) is 9.40. The van der Waals surface area contributed by atoms with Gasteiger partial charge in [0, 0.05) is 29.7 Å². The summed E-state index contributed by atoms with van der Waals surface area (Å²) >= 11 is 1.73. The highest BCUT2D eigenvalue weighted by Gasteiger charge is 2.09. The van der Waals surface area contributed by atoms with E-state index in [1.54, 1.807) is 17.5 Å². The van der Waals surface area contributed by atoms with Gasteiger partial charge in [-0.1, -0.05) is 6.07 Å². The molecule has 4 nitrogen and oxygen atoms in total. The van der Waals surface area contributed by atoms with Gasteiger partial charge in [0.1, 0.15) is 6.07 Å². The van der Waals surface area contributed by atoms with Crippen LogP contribution in [0.2, 0.25) is 0 Å². The van der Waals surface area contributed by atoms with Gasteiger partial charge in [0.2, 0.25) is 0 Å². The third-order valence-electron chi connectivity index (χ3n) is 2.27. The van der Waals surface area contributed by atoms with E-state index in [4.69, 9.17) is 5.26 Å². The fourth-order valence-corrected chi connectivity index (χ4v) is 2.38. The Labute approximate surface area is 104 Å². The third-order valence-corrected chi connectivity index (χ3v) is 3.17. The smallest absolute Gasteiger partial charge is 0.182 e. The number of nitrogens with zero attached hydrogens (tertiary/aromatic N) is 3. The second kappa shape index (κ2) is 5.41. The average Bonchev–Trinajstić information content (AvgIpc) is 2.82. The molecular weight excluding hydrogens is 232 g/mol. The Hall–Kier alpha value is -1.93. The number of hydrogen-bond donors (Lipinski definition) is 1. The third kappa shape index (κ3) is 3.02. The molecule has 0 radical (unpaired) electrons. The minimum Gasteiger partial charge on any atom is -0.365 e. The van der Waals surface area contributed by atoms with Crippen molar-refractivity contribution >= 4 is 17.2 Å². The van der Waals surface area contributed by atoms with Gasteiger partial charge in [-0.2, -0.15) is 5.26 Å². The van der Waals surface area contributed by atoms with Gasteiger partial charge in [0.25, 0.3) is 0 Å². The molecule has 2 heterocycles. The summed E-state index contributed by atoms with van der Waals surface area (Å²) in [6.07, 6.45) is 4.02. The molecule has 0 aromatic carbocycles. The van der Waals surface area contributed by atoms with Crippen LogP contribution in [0.25, 0.3) is 0 Å². The Morgan fingerprint density at radius 1 is 1.47 bits per heavy atom.